The van der Waals surface area contributed by atoms with Gasteiger partial charge < -0.3 is 14.5 Å². The van der Waals surface area contributed by atoms with Gasteiger partial charge in [0.15, 0.2) is 0 Å². The summed E-state index contributed by atoms with van der Waals surface area (Å²) in [5.41, 5.74) is 1.77. The van der Waals surface area contributed by atoms with Crippen molar-refractivity contribution in [1.82, 2.24) is 19.6 Å². The van der Waals surface area contributed by atoms with E-state index in [9.17, 15) is 14.0 Å². The molecule has 204 valence electrons. The number of ether oxygens (including phenoxy) is 1. The molecule has 4 aromatic rings. The number of rotatable bonds is 7. The number of anilines is 1. The van der Waals surface area contributed by atoms with Crippen molar-refractivity contribution >= 4 is 11.6 Å². The molecule has 10 heteroatoms. The molecule has 0 aliphatic heterocycles. The first-order valence-electron chi connectivity index (χ1n) is 13.2. The molecule has 0 radical (unpaired) electrons. The first-order chi connectivity index (χ1) is 18.7. The Balaban J connectivity index is 1.33. The highest BCUT2D eigenvalue weighted by atomic mass is 19.1. The smallest absolute Gasteiger partial charge is 0.295 e. The Morgan fingerprint density at radius 3 is 2.67 bits per heavy atom. The van der Waals surface area contributed by atoms with Crippen molar-refractivity contribution in [1.29, 1.82) is 0 Å². The van der Waals surface area contributed by atoms with Gasteiger partial charge in [0, 0.05) is 18.9 Å². The molecule has 5 rings (SSSR count). The first kappa shape index (κ1) is 26.4. The number of hydrogen-bond donors (Lipinski definition) is 1. The molecule has 0 saturated heterocycles. The minimum atomic E-state index is -0.433. The molecule has 39 heavy (non-hydrogen) atoms. The third-order valence-corrected chi connectivity index (χ3v) is 7.17. The molecule has 2 aromatic carbocycles. The van der Waals surface area contributed by atoms with Crippen molar-refractivity contribution < 1.29 is 18.3 Å². The van der Waals surface area contributed by atoms with E-state index in [1.807, 2.05) is 51.1 Å². The van der Waals surface area contributed by atoms with Crippen LogP contribution in [0.4, 0.5) is 10.1 Å². The van der Waals surface area contributed by atoms with E-state index < -0.39 is 5.82 Å². The van der Waals surface area contributed by atoms with Crippen molar-refractivity contribution in [2.45, 2.75) is 58.5 Å². The monoisotopic (exact) mass is 533 g/mol. The lowest BCUT2D eigenvalue weighted by Gasteiger charge is -2.26. The summed E-state index contributed by atoms with van der Waals surface area (Å²) < 4.78 is 29.1. The molecule has 2 atom stereocenters. The minimum absolute atomic E-state index is 0.112. The SMILES string of the molecule is Cc1c(NC(=O)[C@@H]2CCC[C@H](c3nnc(-c4cc(F)ccc4OC(C)C)o3)C2)c(=O)n(-c2ccccc2)n1C. The van der Waals surface area contributed by atoms with Gasteiger partial charge in [0.2, 0.25) is 11.8 Å². The van der Waals surface area contributed by atoms with Gasteiger partial charge in [-0.15, -0.1) is 10.2 Å². The Morgan fingerprint density at radius 2 is 1.92 bits per heavy atom. The molecular weight excluding hydrogens is 501 g/mol. The lowest BCUT2D eigenvalue weighted by atomic mass is 9.81. The molecule has 1 fully saturated rings. The fourth-order valence-electron chi connectivity index (χ4n) is 5.12. The number of para-hydroxylation sites is 1. The van der Waals surface area contributed by atoms with Crippen LogP contribution in [-0.2, 0) is 11.8 Å². The highest BCUT2D eigenvalue weighted by Crippen LogP contribution is 2.38. The predicted molar refractivity (Wildman–Crippen MR) is 145 cm³/mol. The molecule has 0 unspecified atom stereocenters. The van der Waals surface area contributed by atoms with E-state index in [0.717, 1.165) is 18.5 Å². The summed E-state index contributed by atoms with van der Waals surface area (Å²) in [6, 6.07) is 13.5. The number of carbonyl (C=O) groups excluding carboxylic acids is 1. The van der Waals surface area contributed by atoms with Crippen LogP contribution >= 0.6 is 0 Å². The fourth-order valence-corrected chi connectivity index (χ4v) is 5.12. The van der Waals surface area contributed by atoms with Crippen molar-refractivity contribution in [2.75, 3.05) is 5.32 Å². The van der Waals surface area contributed by atoms with E-state index >= 15 is 0 Å². The van der Waals surface area contributed by atoms with Crippen LogP contribution in [0.15, 0.2) is 57.7 Å². The van der Waals surface area contributed by atoms with E-state index in [1.54, 1.807) is 17.8 Å². The number of aromatic nitrogens is 4. The van der Waals surface area contributed by atoms with Gasteiger partial charge in [0.1, 0.15) is 17.3 Å². The van der Waals surface area contributed by atoms with Crippen molar-refractivity contribution in [3.05, 3.63) is 76.3 Å². The average Bonchev–Trinajstić information content (AvgIpc) is 3.50. The lowest BCUT2D eigenvalue weighted by molar-refractivity contribution is -0.121. The van der Waals surface area contributed by atoms with E-state index in [4.69, 9.17) is 9.15 Å². The normalized spacial score (nSPS) is 17.4. The Morgan fingerprint density at radius 1 is 1.15 bits per heavy atom. The highest BCUT2D eigenvalue weighted by Gasteiger charge is 2.32. The molecule has 1 N–H and O–H groups in total. The van der Waals surface area contributed by atoms with Crippen LogP contribution in [0, 0.1) is 18.7 Å². The molecule has 0 bridgehead atoms. The van der Waals surface area contributed by atoms with Gasteiger partial charge in [-0.3, -0.25) is 14.3 Å². The van der Waals surface area contributed by atoms with Gasteiger partial charge in [-0.05, 0) is 70.4 Å². The second kappa shape index (κ2) is 10.9. The largest absolute Gasteiger partial charge is 0.490 e. The lowest BCUT2D eigenvalue weighted by Crippen LogP contribution is -2.30. The minimum Gasteiger partial charge on any atom is -0.490 e. The Kier molecular flexibility index (Phi) is 7.36. The predicted octanol–water partition coefficient (Wildman–Crippen LogP) is 5.37. The Hall–Kier alpha value is -4.21. The van der Waals surface area contributed by atoms with Crippen LogP contribution in [0.3, 0.4) is 0 Å². The number of carbonyl (C=O) groups is 1. The summed E-state index contributed by atoms with van der Waals surface area (Å²) in [6.07, 6.45) is 2.67. The Bertz CT molecular complexity index is 1540. The van der Waals surface area contributed by atoms with Crippen LogP contribution in [0.25, 0.3) is 17.1 Å². The first-order valence-corrected chi connectivity index (χ1v) is 13.2. The number of benzene rings is 2. The van der Waals surface area contributed by atoms with E-state index in [-0.39, 0.29) is 41.0 Å². The summed E-state index contributed by atoms with van der Waals surface area (Å²) in [5.74, 6) is -0.0468. The van der Waals surface area contributed by atoms with Gasteiger partial charge in [-0.2, -0.15) is 0 Å². The number of amides is 1. The van der Waals surface area contributed by atoms with Gasteiger partial charge in [-0.1, -0.05) is 24.6 Å². The molecule has 2 aromatic heterocycles. The molecule has 1 aliphatic rings. The topological polar surface area (TPSA) is 104 Å². The summed E-state index contributed by atoms with van der Waals surface area (Å²) in [5, 5.41) is 11.3. The molecule has 1 saturated carbocycles. The third kappa shape index (κ3) is 5.36. The molecule has 1 amide bonds. The standard InChI is InChI=1S/C29H32FN5O4/c1-17(2)38-24-14-13-21(30)16-23(24)28-33-32-27(39-28)20-10-8-9-19(15-20)26(36)31-25-18(3)34(4)35(29(25)37)22-11-6-5-7-12-22/h5-7,11-14,16-17,19-20H,8-10,15H2,1-4H3,(H,31,36)/t19-,20+/m1/s1. The summed E-state index contributed by atoms with van der Waals surface area (Å²) in [6.45, 7) is 5.57. The van der Waals surface area contributed by atoms with Gasteiger partial charge >= 0.3 is 0 Å². The summed E-state index contributed by atoms with van der Waals surface area (Å²) >= 11 is 0. The quantitative estimate of drug-likeness (QED) is 0.342. The van der Waals surface area contributed by atoms with Crippen LogP contribution in [-0.4, -0.2) is 31.6 Å². The number of nitrogens with one attached hydrogen (secondary N) is 1. The van der Waals surface area contributed by atoms with E-state index in [1.165, 1.54) is 16.8 Å². The average molecular weight is 534 g/mol. The van der Waals surface area contributed by atoms with Gasteiger partial charge in [-0.25, -0.2) is 9.07 Å². The van der Waals surface area contributed by atoms with Crippen LogP contribution in [0.5, 0.6) is 5.75 Å². The molecule has 0 spiro atoms. The van der Waals surface area contributed by atoms with Crippen molar-refractivity contribution in [3.8, 4) is 22.9 Å². The number of halogens is 1. The molecular formula is C29H32FN5O4. The van der Waals surface area contributed by atoms with E-state index in [2.05, 4.69) is 15.5 Å². The zero-order chi connectivity index (χ0) is 27.7. The molecule has 9 nitrogen and oxygen atoms in total. The third-order valence-electron chi connectivity index (χ3n) is 7.17. The Labute approximate surface area is 225 Å². The van der Waals surface area contributed by atoms with Crippen molar-refractivity contribution in [2.24, 2.45) is 13.0 Å². The van der Waals surface area contributed by atoms with E-state index in [0.29, 0.717) is 35.7 Å². The number of nitrogens with zero attached hydrogens (tertiary/aromatic N) is 4. The van der Waals surface area contributed by atoms with Crippen LogP contribution in [0.1, 0.15) is 57.0 Å². The zero-order valence-corrected chi connectivity index (χ0v) is 22.5. The fraction of sp³-hybridized carbons (Fsp3) is 0.379. The summed E-state index contributed by atoms with van der Waals surface area (Å²) in [7, 11) is 1.79. The summed E-state index contributed by atoms with van der Waals surface area (Å²) in [4.78, 5) is 26.6. The van der Waals surface area contributed by atoms with Gasteiger partial charge in [0.05, 0.1) is 23.0 Å². The maximum atomic E-state index is 14.0. The second-order valence-electron chi connectivity index (χ2n) is 10.2. The second-order valence-corrected chi connectivity index (χ2v) is 10.2. The maximum Gasteiger partial charge on any atom is 0.295 e. The van der Waals surface area contributed by atoms with Crippen molar-refractivity contribution in [3.63, 3.8) is 0 Å². The van der Waals surface area contributed by atoms with Gasteiger partial charge in [0.25, 0.3) is 11.4 Å². The maximum absolute atomic E-state index is 14.0. The highest BCUT2D eigenvalue weighted by molar-refractivity contribution is 5.93. The van der Waals surface area contributed by atoms with Crippen LogP contribution in [0.2, 0.25) is 0 Å². The van der Waals surface area contributed by atoms with Crippen LogP contribution < -0.4 is 15.6 Å². The number of hydrogen-bond acceptors (Lipinski definition) is 6. The zero-order valence-electron chi connectivity index (χ0n) is 22.5. The molecule has 1 aliphatic carbocycles. The molecule has 2 heterocycles.